The van der Waals surface area contributed by atoms with Gasteiger partial charge in [-0.15, -0.1) is 0 Å². The van der Waals surface area contributed by atoms with E-state index in [1.165, 1.54) is 92.8 Å². The molecule has 11 aromatic carbocycles. The third kappa shape index (κ3) is 5.03. The van der Waals surface area contributed by atoms with Crippen molar-refractivity contribution in [3.8, 4) is 33.4 Å². The molecule has 1 heterocycles. The molecule has 0 aliphatic heterocycles. The highest BCUT2D eigenvalue weighted by Gasteiger charge is 2.23. The predicted octanol–water partition coefficient (Wildman–Crippen LogP) is 15.9. The molecule has 1 heteroatoms. The van der Waals surface area contributed by atoms with E-state index >= 15 is 0 Å². The standard InChI is InChI=1S/C57H36O/c1-4-20-40-36(16-1)19-15-30-45(40)51-35-55-52(46-25-13-14-31-54(46)58-55)34-53(51)57-49-28-11-9-26-47(49)56(48-27-10-12-29-50(48)57)43-23-6-3-18-38(43)33-39-32-37-17-2-5-21-41(37)44-24-8-7-22-42(39)44/h1-32,34-35H,33H2. The molecule has 0 saturated carbocycles. The van der Waals surface area contributed by atoms with Crippen molar-refractivity contribution in [1.82, 2.24) is 0 Å². The topological polar surface area (TPSA) is 13.1 Å². The zero-order valence-electron chi connectivity index (χ0n) is 31.7. The summed E-state index contributed by atoms with van der Waals surface area (Å²) in [5.41, 5.74) is 11.8. The zero-order valence-corrected chi connectivity index (χ0v) is 31.7. The third-order valence-electron chi connectivity index (χ3n) is 12.3. The van der Waals surface area contributed by atoms with Crippen LogP contribution in [0.5, 0.6) is 0 Å². The van der Waals surface area contributed by atoms with Crippen molar-refractivity contribution in [1.29, 1.82) is 0 Å². The molecule has 270 valence electrons. The van der Waals surface area contributed by atoms with Gasteiger partial charge in [0.15, 0.2) is 0 Å². The molecular weight excluding hydrogens is 701 g/mol. The van der Waals surface area contributed by atoms with Crippen LogP contribution in [0.4, 0.5) is 0 Å². The lowest BCUT2D eigenvalue weighted by atomic mass is 9.81. The van der Waals surface area contributed by atoms with E-state index in [1.54, 1.807) is 0 Å². The Hall–Kier alpha value is -7.48. The van der Waals surface area contributed by atoms with Gasteiger partial charge in [0.2, 0.25) is 0 Å². The minimum Gasteiger partial charge on any atom is -0.456 e. The van der Waals surface area contributed by atoms with Gasteiger partial charge in [-0.25, -0.2) is 0 Å². The van der Waals surface area contributed by atoms with Crippen LogP contribution in [0.25, 0.3) is 109 Å². The van der Waals surface area contributed by atoms with Crippen molar-refractivity contribution in [3.05, 3.63) is 217 Å². The quantitative estimate of drug-likeness (QED) is 0.127. The Balaban J connectivity index is 1.15. The van der Waals surface area contributed by atoms with Gasteiger partial charge in [0.25, 0.3) is 0 Å². The molecule has 0 N–H and O–H groups in total. The summed E-state index contributed by atoms with van der Waals surface area (Å²) in [5.74, 6) is 0. The molecule has 0 saturated heterocycles. The van der Waals surface area contributed by atoms with Crippen LogP contribution >= 0.6 is 0 Å². The van der Waals surface area contributed by atoms with Gasteiger partial charge in [-0.2, -0.15) is 0 Å². The maximum absolute atomic E-state index is 6.58. The molecule has 0 bridgehead atoms. The van der Waals surface area contributed by atoms with E-state index in [1.807, 2.05) is 0 Å². The second-order valence-electron chi connectivity index (χ2n) is 15.5. The summed E-state index contributed by atoms with van der Waals surface area (Å²) in [6.45, 7) is 0. The number of furan rings is 1. The van der Waals surface area contributed by atoms with Crippen LogP contribution in [0.15, 0.2) is 211 Å². The van der Waals surface area contributed by atoms with E-state index in [0.717, 1.165) is 33.9 Å². The Bertz CT molecular complexity index is 3540. The Morgan fingerprint density at radius 1 is 0.259 bits per heavy atom. The van der Waals surface area contributed by atoms with Gasteiger partial charge in [-0.3, -0.25) is 0 Å². The van der Waals surface area contributed by atoms with Crippen molar-refractivity contribution in [2.24, 2.45) is 0 Å². The van der Waals surface area contributed by atoms with Crippen molar-refractivity contribution >= 4 is 75.8 Å². The first kappa shape index (κ1) is 32.7. The highest BCUT2D eigenvalue weighted by Crippen LogP contribution is 2.49. The van der Waals surface area contributed by atoms with Crippen LogP contribution < -0.4 is 0 Å². The van der Waals surface area contributed by atoms with Crippen LogP contribution in [-0.4, -0.2) is 0 Å². The Kier molecular flexibility index (Phi) is 7.36. The smallest absolute Gasteiger partial charge is 0.136 e. The summed E-state index contributed by atoms with van der Waals surface area (Å²) >= 11 is 0. The zero-order chi connectivity index (χ0) is 38.2. The average molecular weight is 737 g/mol. The molecule has 1 aromatic heterocycles. The minimum absolute atomic E-state index is 0.821. The van der Waals surface area contributed by atoms with Gasteiger partial charge in [0, 0.05) is 10.8 Å². The first-order valence-electron chi connectivity index (χ1n) is 20.1. The van der Waals surface area contributed by atoms with E-state index in [9.17, 15) is 0 Å². The van der Waals surface area contributed by atoms with Crippen LogP contribution in [0.3, 0.4) is 0 Å². The monoisotopic (exact) mass is 736 g/mol. The van der Waals surface area contributed by atoms with Gasteiger partial charge in [-0.05, 0) is 123 Å². The molecule has 0 aliphatic carbocycles. The second-order valence-corrected chi connectivity index (χ2v) is 15.5. The van der Waals surface area contributed by atoms with Crippen molar-refractivity contribution < 1.29 is 4.42 Å². The number of para-hydroxylation sites is 1. The highest BCUT2D eigenvalue weighted by molar-refractivity contribution is 6.24. The molecule has 0 amide bonds. The van der Waals surface area contributed by atoms with E-state index in [4.69, 9.17) is 4.42 Å². The van der Waals surface area contributed by atoms with Crippen molar-refractivity contribution in [2.45, 2.75) is 6.42 Å². The number of fused-ring (bicyclic) bond motifs is 9. The van der Waals surface area contributed by atoms with Gasteiger partial charge < -0.3 is 4.42 Å². The van der Waals surface area contributed by atoms with Gasteiger partial charge in [0.05, 0.1) is 0 Å². The fourth-order valence-electron chi connectivity index (χ4n) is 9.77. The van der Waals surface area contributed by atoms with Crippen LogP contribution in [0.2, 0.25) is 0 Å². The molecule has 0 unspecified atom stereocenters. The molecule has 0 radical (unpaired) electrons. The summed E-state index contributed by atoms with van der Waals surface area (Å²) in [7, 11) is 0. The van der Waals surface area contributed by atoms with Crippen LogP contribution in [0.1, 0.15) is 11.1 Å². The third-order valence-corrected chi connectivity index (χ3v) is 12.3. The lowest BCUT2D eigenvalue weighted by Gasteiger charge is -2.22. The lowest BCUT2D eigenvalue weighted by molar-refractivity contribution is 0.669. The van der Waals surface area contributed by atoms with E-state index < -0.39 is 0 Å². The first-order valence-corrected chi connectivity index (χ1v) is 20.1. The summed E-state index contributed by atoms with van der Waals surface area (Å²) in [6.07, 6.45) is 0.821. The molecule has 12 aromatic rings. The Morgan fingerprint density at radius 3 is 1.52 bits per heavy atom. The van der Waals surface area contributed by atoms with Gasteiger partial charge >= 0.3 is 0 Å². The molecule has 1 nitrogen and oxygen atoms in total. The molecule has 0 spiro atoms. The summed E-state index contributed by atoms with van der Waals surface area (Å²) in [6, 6.07) is 75.6. The normalized spacial score (nSPS) is 11.9. The molecule has 0 fully saturated rings. The van der Waals surface area contributed by atoms with Crippen LogP contribution in [-0.2, 0) is 6.42 Å². The minimum atomic E-state index is 0.821. The maximum Gasteiger partial charge on any atom is 0.136 e. The Labute approximate surface area is 336 Å². The summed E-state index contributed by atoms with van der Waals surface area (Å²) in [5, 5.41) is 14.8. The SMILES string of the molecule is c1ccc(-c2c3ccccc3c(-c3cc4c(cc3-c3cccc5ccccc35)oc3ccccc34)c3ccccc23)c(Cc2cc3ccccc3c3ccccc23)c1. The number of hydrogen-bond donors (Lipinski definition) is 0. The number of hydrogen-bond acceptors (Lipinski definition) is 1. The van der Waals surface area contributed by atoms with Gasteiger partial charge in [0.1, 0.15) is 11.2 Å². The van der Waals surface area contributed by atoms with Gasteiger partial charge in [-0.1, -0.05) is 188 Å². The number of benzene rings is 11. The van der Waals surface area contributed by atoms with Crippen molar-refractivity contribution in [2.75, 3.05) is 0 Å². The molecule has 0 atom stereocenters. The molecule has 12 rings (SSSR count). The second kappa shape index (κ2) is 13.0. The first-order chi connectivity index (χ1) is 28.8. The summed E-state index contributed by atoms with van der Waals surface area (Å²) < 4.78 is 6.58. The molecular formula is C57H36O. The number of rotatable bonds is 5. The predicted molar refractivity (Wildman–Crippen MR) is 247 cm³/mol. The van der Waals surface area contributed by atoms with E-state index in [-0.39, 0.29) is 0 Å². The fraction of sp³-hybridized carbons (Fsp3) is 0.0175. The highest BCUT2D eigenvalue weighted by atomic mass is 16.3. The average Bonchev–Trinajstić information content (AvgIpc) is 3.65. The maximum atomic E-state index is 6.58. The fourth-order valence-corrected chi connectivity index (χ4v) is 9.77. The van der Waals surface area contributed by atoms with E-state index in [2.05, 4.69) is 206 Å². The molecule has 58 heavy (non-hydrogen) atoms. The van der Waals surface area contributed by atoms with Crippen LogP contribution in [0, 0.1) is 0 Å². The summed E-state index contributed by atoms with van der Waals surface area (Å²) in [4.78, 5) is 0. The van der Waals surface area contributed by atoms with E-state index in [0.29, 0.717) is 0 Å². The lowest BCUT2D eigenvalue weighted by Crippen LogP contribution is -1.97. The Morgan fingerprint density at radius 2 is 0.776 bits per heavy atom. The largest absolute Gasteiger partial charge is 0.456 e. The molecule has 0 aliphatic rings. The van der Waals surface area contributed by atoms with Crippen molar-refractivity contribution in [3.63, 3.8) is 0 Å².